The molecule has 0 bridgehead atoms. The summed E-state index contributed by atoms with van der Waals surface area (Å²) in [4.78, 5) is 31.6. The summed E-state index contributed by atoms with van der Waals surface area (Å²) in [5.41, 5.74) is -9.89. The highest BCUT2D eigenvalue weighted by Gasteiger charge is 2.80. The number of allylic oxidation sites excluding steroid dienone is 2. The minimum Gasteiger partial charge on any atom is -0.293 e. The zero-order valence-corrected chi connectivity index (χ0v) is 26.0. The average molecular weight is 631 g/mol. The Labute approximate surface area is 279 Å². The Hall–Kier alpha value is -5.74. The van der Waals surface area contributed by atoms with Crippen LogP contribution in [0.5, 0.6) is 0 Å². The van der Waals surface area contributed by atoms with Crippen molar-refractivity contribution in [2.75, 3.05) is 0 Å². The Bertz CT molecular complexity index is 2070. The molecule has 48 heavy (non-hydrogen) atoms. The van der Waals surface area contributed by atoms with Crippen LogP contribution in [0.2, 0.25) is 0 Å². The van der Waals surface area contributed by atoms with Gasteiger partial charge in [-0.05, 0) is 28.3 Å². The molecule has 1 aliphatic rings. The van der Waals surface area contributed by atoms with Gasteiger partial charge >= 0.3 is 0 Å². The van der Waals surface area contributed by atoms with E-state index in [4.69, 9.17) is 0 Å². The lowest BCUT2D eigenvalue weighted by Crippen LogP contribution is -2.73. The number of ketones is 2. The number of carbonyl (C=O) groups excluding carboxylic acids is 2. The van der Waals surface area contributed by atoms with Gasteiger partial charge in [0, 0.05) is 11.1 Å². The van der Waals surface area contributed by atoms with Crippen molar-refractivity contribution in [2.45, 2.75) is 22.2 Å². The zero-order valence-electron chi connectivity index (χ0n) is 26.0. The summed E-state index contributed by atoms with van der Waals surface area (Å²) in [6, 6.07) is 50.1. The molecule has 0 radical (unpaired) electrons. The highest BCUT2D eigenvalue weighted by Crippen LogP contribution is 2.69. The van der Waals surface area contributed by atoms with Crippen molar-refractivity contribution in [1.82, 2.24) is 0 Å². The number of rotatable bonds is 8. The van der Waals surface area contributed by atoms with Crippen molar-refractivity contribution in [3.8, 4) is 0 Å². The number of Topliss-reactive ketones (excluding diaryl/α,β-unsaturated/α-hetero) is 2. The van der Waals surface area contributed by atoms with E-state index >= 15 is 18.4 Å². The molecular weight excluding hydrogens is 598 g/mol. The molecule has 6 aromatic carbocycles. The molecule has 4 unspecified atom stereocenters. The van der Waals surface area contributed by atoms with E-state index in [0.717, 1.165) is 0 Å². The summed E-state index contributed by atoms with van der Waals surface area (Å²) in [5.74, 6) is -1.26. The first-order chi connectivity index (χ1) is 23.4. The zero-order chi connectivity index (χ0) is 33.2. The summed E-state index contributed by atoms with van der Waals surface area (Å²) >= 11 is 0. The normalized spacial score (nSPS) is 24.9. The maximum atomic E-state index is 20.2. The first-order valence-electron chi connectivity index (χ1n) is 15.9. The van der Waals surface area contributed by atoms with Gasteiger partial charge < -0.3 is 0 Å². The van der Waals surface area contributed by atoms with Gasteiger partial charge in [-0.15, -0.1) is 0 Å². The van der Waals surface area contributed by atoms with E-state index < -0.39 is 33.7 Å². The van der Waals surface area contributed by atoms with Gasteiger partial charge in [0.2, 0.25) is 0 Å². The van der Waals surface area contributed by atoms with Gasteiger partial charge in [-0.1, -0.05) is 188 Å². The van der Waals surface area contributed by atoms with Crippen LogP contribution >= 0.6 is 0 Å². The van der Waals surface area contributed by atoms with E-state index in [9.17, 15) is 0 Å². The molecule has 0 saturated carbocycles. The lowest BCUT2D eigenvalue weighted by molar-refractivity contribution is -0.0927. The maximum absolute atomic E-state index is 20.2. The van der Waals surface area contributed by atoms with Crippen molar-refractivity contribution in [3.63, 3.8) is 0 Å². The molecule has 4 heteroatoms. The Morgan fingerprint density at radius 1 is 0.375 bits per heavy atom. The molecule has 6 aromatic rings. The second kappa shape index (κ2) is 12.1. The van der Waals surface area contributed by atoms with Gasteiger partial charge in [0.15, 0.2) is 22.9 Å². The molecule has 234 valence electrons. The Morgan fingerprint density at radius 3 is 1.19 bits per heavy atom. The van der Waals surface area contributed by atoms with Crippen LogP contribution in [0.1, 0.15) is 43.0 Å². The van der Waals surface area contributed by atoms with Gasteiger partial charge in [-0.2, -0.15) is 0 Å². The third kappa shape index (κ3) is 4.29. The number of benzene rings is 6. The predicted octanol–water partition coefficient (Wildman–Crippen LogP) is 9.93. The Morgan fingerprint density at radius 2 is 0.729 bits per heavy atom. The summed E-state index contributed by atoms with van der Waals surface area (Å²) in [6.07, 6.45) is 2.63. The lowest BCUT2D eigenvalue weighted by Gasteiger charge is -2.60. The van der Waals surface area contributed by atoms with Crippen molar-refractivity contribution >= 4 is 11.6 Å². The van der Waals surface area contributed by atoms with Crippen LogP contribution in [-0.2, 0) is 22.2 Å². The van der Waals surface area contributed by atoms with Crippen LogP contribution in [0, 0.1) is 0 Å². The van der Waals surface area contributed by atoms with E-state index in [1.807, 2.05) is 0 Å². The number of carbonyl (C=O) groups is 2. The van der Waals surface area contributed by atoms with Crippen molar-refractivity contribution in [1.29, 1.82) is 0 Å². The molecule has 0 aliphatic heterocycles. The SMILES string of the molecule is O=C(c1ccccc1)C1(c2ccccc2)C=CC(F)(c2ccccc2)C(F)(c2ccccc2)C1(C(=O)c1ccccc1)c1ccccc1. The van der Waals surface area contributed by atoms with E-state index in [1.54, 1.807) is 158 Å². The Balaban J connectivity index is 1.78. The fourth-order valence-electron chi connectivity index (χ4n) is 7.69. The van der Waals surface area contributed by atoms with Crippen molar-refractivity contribution in [3.05, 3.63) is 228 Å². The molecule has 0 heterocycles. The van der Waals surface area contributed by atoms with E-state index in [0.29, 0.717) is 5.56 Å². The van der Waals surface area contributed by atoms with Crippen LogP contribution in [0.15, 0.2) is 194 Å². The monoisotopic (exact) mass is 630 g/mol. The fraction of sp³-hybridized carbons (Fsp3) is 0.0909. The van der Waals surface area contributed by atoms with Crippen LogP contribution in [-0.4, -0.2) is 11.6 Å². The lowest BCUT2D eigenvalue weighted by atomic mass is 9.40. The van der Waals surface area contributed by atoms with E-state index in [2.05, 4.69) is 0 Å². The van der Waals surface area contributed by atoms with E-state index in [1.165, 1.54) is 36.4 Å². The minimum atomic E-state index is -3.20. The number of hydrogen-bond acceptors (Lipinski definition) is 2. The molecule has 4 atom stereocenters. The predicted molar refractivity (Wildman–Crippen MR) is 185 cm³/mol. The third-order valence-corrected chi connectivity index (χ3v) is 9.74. The van der Waals surface area contributed by atoms with Crippen molar-refractivity contribution in [2.24, 2.45) is 0 Å². The molecule has 1 aliphatic carbocycles. The summed E-state index contributed by atoms with van der Waals surface area (Å²) < 4.78 is 39.1. The molecule has 0 aromatic heterocycles. The summed E-state index contributed by atoms with van der Waals surface area (Å²) in [5, 5.41) is 0. The van der Waals surface area contributed by atoms with Gasteiger partial charge in [0.1, 0.15) is 5.41 Å². The standard InChI is InChI=1S/C44H32F2O2/c45-42(36-25-13-4-14-26-36)32-31-41(35-23-11-3-12-24-35,39(47)33-19-7-1-8-20-33)43(37-27-15-5-16-28-37,40(48)34-21-9-2-10-22-34)44(42,46)38-29-17-6-18-30-38/h1-32H. The smallest absolute Gasteiger partial charge is 0.196 e. The topological polar surface area (TPSA) is 34.1 Å². The van der Waals surface area contributed by atoms with Gasteiger partial charge in [0.25, 0.3) is 0 Å². The molecule has 2 nitrogen and oxygen atoms in total. The first kappa shape index (κ1) is 30.9. The maximum Gasteiger partial charge on any atom is 0.196 e. The van der Waals surface area contributed by atoms with Crippen LogP contribution in [0.4, 0.5) is 8.78 Å². The second-order valence-electron chi connectivity index (χ2n) is 12.1. The van der Waals surface area contributed by atoms with Crippen molar-refractivity contribution < 1.29 is 18.4 Å². The number of halogens is 2. The molecule has 0 amide bonds. The summed E-state index contributed by atoms with van der Waals surface area (Å²) in [6.45, 7) is 0. The Kier molecular flexibility index (Phi) is 7.80. The van der Waals surface area contributed by atoms with Gasteiger partial charge in [0.05, 0.1) is 5.41 Å². The molecule has 0 spiro atoms. The first-order valence-corrected chi connectivity index (χ1v) is 15.9. The van der Waals surface area contributed by atoms with Crippen LogP contribution in [0.25, 0.3) is 0 Å². The van der Waals surface area contributed by atoms with Crippen LogP contribution in [0.3, 0.4) is 0 Å². The molecule has 0 fully saturated rings. The highest BCUT2D eigenvalue weighted by molar-refractivity contribution is 6.17. The number of alkyl halides is 2. The van der Waals surface area contributed by atoms with Gasteiger partial charge in [-0.25, -0.2) is 8.78 Å². The third-order valence-electron chi connectivity index (χ3n) is 9.74. The van der Waals surface area contributed by atoms with Crippen LogP contribution < -0.4 is 0 Å². The second-order valence-corrected chi connectivity index (χ2v) is 12.1. The molecular formula is C44H32F2O2. The number of hydrogen-bond donors (Lipinski definition) is 0. The average Bonchev–Trinajstić information content (AvgIpc) is 3.17. The fourth-order valence-corrected chi connectivity index (χ4v) is 7.69. The highest BCUT2D eigenvalue weighted by atomic mass is 19.2. The molecule has 0 saturated heterocycles. The minimum absolute atomic E-state index is 0.0163. The molecule has 7 rings (SSSR count). The largest absolute Gasteiger partial charge is 0.293 e. The summed E-state index contributed by atoms with van der Waals surface area (Å²) in [7, 11) is 0. The van der Waals surface area contributed by atoms with E-state index in [-0.39, 0.29) is 27.8 Å². The molecule has 0 N–H and O–H groups in total. The van der Waals surface area contributed by atoms with Gasteiger partial charge in [-0.3, -0.25) is 9.59 Å². The quantitative estimate of drug-likeness (QED) is 0.124.